The van der Waals surface area contributed by atoms with E-state index in [9.17, 15) is 28.8 Å². The van der Waals surface area contributed by atoms with Crippen LogP contribution in [0, 0.1) is 0 Å². The quantitative estimate of drug-likeness (QED) is 0.152. The monoisotopic (exact) mass is 871 g/mol. The van der Waals surface area contributed by atoms with E-state index < -0.39 is 24.2 Å². The van der Waals surface area contributed by atoms with Crippen molar-refractivity contribution in [2.45, 2.75) is 81.8 Å². The van der Waals surface area contributed by atoms with Gasteiger partial charge in [-0.05, 0) is 96.1 Å². The van der Waals surface area contributed by atoms with Crippen LogP contribution in [0.5, 0.6) is 0 Å². The topological polar surface area (TPSA) is 207 Å². The smallest absolute Gasteiger partial charge is 0.251 e. The predicted octanol–water partition coefficient (Wildman–Crippen LogP) is 3.55. The number of ketones is 2. The van der Waals surface area contributed by atoms with Crippen LogP contribution in [-0.2, 0) is 41.5 Å². The average Bonchev–Trinajstić information content (AvgIpc) is 4.09. The Hall–Kier alpha value is -6.58. The zero-order valence-electron chi connectivity index (χ0n) is 36.7. The second-order valence-electron chi connectivity index (χ2n) is 17.3. The maximum absolute atomic E-state index is 13.5. The predicted molar refractivity (Wildman–Crippen MR) is 243 cm³/mol. The summed E-state index contributed by atoms with van der Waals surface area (Å²) < 4.78 is 11.0. The fraction of sp³-hybridized carbons (Fsp3) is 0.388. The van der Waals surface area contributed by atoms with Gasteiger partial charge >= 0.3 is 0 Å². The fourth-order valence-corrected chi connectivity index (χ4v) is 8.68. The SMILES string of the molecule is CC(C)c1ccc(C(=O)NC(Cc2ccc(N)cc2)C(=O)N2CCC3OCC(=O)C32)cc1.CN(C)c1ccc(C(=O)NC(Cc2ccc(N)cc2)C(=O)N2CCC3OCC(=O)C32)cc1. The summed E-state index contributed by atoms with van der Waals surface area (Å²) in [4.78, 5) is 82.6. The third-order valence-electron chi connectivity index (χ3n) is 12.3. The fourth-order valence-electron chi connectivity index (χ4n) is 8.68. The number of nitrogen functional groups attached to an aromatic ring is 2. The first-order valence-corrected chi connectivity index (χ1v) is 21.7. The molecule has 8 rings (SSSR count). The van der Waals surface area contributed by atoms with Crippen molar-refractivity contribution < 1.29 is 38.2 Å². The van der Waals surface area contributed by atoms with Gasteiger partial charge in [0, 0.05) is 68.2 Å². The average molecular weight is 872 g/mol. The highest BCUT2D eigenvalue weighted by molar-refractivity contribution is 6.00. The van der Waals surface area contributed by atoms with Crippen LogP contribution in [0.25, 0.3) is 0 Å². The first-order chi connectivity index (χ1) is 30.7. The number of nitrogens with one attached hydrogen (secondary N) is 2. The number of likely N-dealkylation sites (tertiary alicyclic amines) is 2. The molecule has 4 aromatic carbocycles. The van der Waals surface area contributed by atoms with Crippen molar-refractivity contribution in [3.05, 3.63) is 125 Å². The van der Waals surface area contributed by atoms with Gasteiger partial charge in [-0.25, -0.2) is 0 Å². The summed E-state index contributed by atoms with van der Waals surface area (Å²) in [6.07, 6.45) is 1.35. The van der Waals surface area contributed by atoms with Crippen LogP contribution in [0.3, 0.4) is 0 Å². The van der Waals surface area contributed by atoms with E-state index in [1.807, 2.05) is 67.5 Å². The number of Topliss-reactive ketones (excluding diaryl/α,β-unsaturated/α-hetero) is 2. The number of anilines is 3. The largest absolute Gasteiger partial charge is 0.399 e. The summed E-state index contributed by atoms with van der Waals surface area (Å²) in [5, 5.41) is 5.79. The minimum Gasteiger partial charge on any atom is -0.399 e. The molecule has 0 radical (unpaired) electrons. The molecule has 0 spiro atoms. The number of amides is 4. The van der Waals surface area contributed by atoms with Gasteiger partial charge < -0.3 is 46.3 Å². The minimum atomic E-state index is -0.813. The van der Waals surface area contributed by atoms with Crippen molar-refractivity contribution in [1.82, 2.24) is 20.4 Å². The number of nitrogens with zero attached hydrogens (tertiary/aromatic N) is 3. The number of rotatable bonds is 12. The van der Waals surface area contributed by atoms with Crippen LogP contribution < -0.4 is 27.0 Å². The highest BCUT2D eigenvalue weighted by Gasteiger charge is 2.49. The molecule has 0 aliphatic carbocycles. The molecular formula is C49H57N7O8. The Balaban J connectivity index is 0.000000191. The van der Waals surface area contributed by atoms with Gasteiger partial charge in [0.1, 0.15) is 37.4 Å². The van der Waals surface area contributed by atoms with Gasteiger partial charge in [-0.3, -0.25) is 28.8 Å². The zero-order valence-corrected chi connectivity index (χ0v) is 36.7. The van der Waals surface area contributed by atoms with Crippen LogP contribution in [0.2, 0.25) is 0 Å². The Bertz CT molecular complexity index is 2170. The van der Waals surface area contributed by atoms with Crippen molar-refractivity contribution in [1.29, 1.82) is 0 Å². The second-order valence-corrected chi connectivity index (χ2v) is 17.3. The summed E-state index contributed by atoms with van der Waals surface area (Å²) in [7, 11) is 3.85. The second kappa shape index (κ2) is 19.9. The Labute approximate surface area is 373 Å². The van der Waals surface area contributed by atoms with Crippen LogP contribution in [0.15, 0.2) is 97.1 Å². The molecule has 4 aromatic rings. The number of benzene rings is 4. The van der Waals surface area contributed by atoms with Crippen LogP contribution in [-0.4, -0.2) is 122 Å². The molecule has 6 N–H and O–H groups in total. The van der Waals surface area contributed by atoms with Crippen molar-refractivity contribution in [2.24, 2.45) is 0 Å². The molecule has 0 aromatic heterocycles. The van der Waals surface area contributed by atoms with Crippen LogP contribution in [0.1, 0.15) is 70.0 Å². The Morgan fingerprint density at radius 2 is 1.02 bits per heavy atom. The summed E-state index contributed by atoms with van der Waals surface area (Å²) in [5.41, 5.74) is 17.6. The molecule has 4 aliphatic heterocycles. The van der Waals surface area contributed by atoms with E-state index in [1.165, 1.54) is 0 Å². The van der Waals surface area contributed by atoms with E-state index in [1.54, 1.807) is 58.3 Å². The summed E-state index contributed by atoms with van der Waals surface area (Å²) in [6, 6.07) is 26.3. The third kappa shape index (κ3) is 10.4. The molecule has 4 saturated heterocycles. The highest BCUT2D eigenvalue weighted by atomic mass is 16.5. The summed E-state index contributed by atoms with van der Waals surface area (Å²) >= 11 is 0. The molecule has 6 atom stereocenters. The lowest BCUT2D eigenvalue weighted by Crippen LogP contribution is -2.53. The summed E-state index contributed by atoms with van der Waals surface area (Å²) in [5.74, 6) is -0.999. The summed E-state index contributed by atoms with van der Waals surface area (Å²) in [6.45, 7) is 5.13. The van der Waals surface area contributed by atoms with Gasteiger partial charge in [0.25, 0.3) is 11.8 Å². The number of ether oxygens (including phenoxy) is 2. The molecule has 4 aliphatic rings. The van der Waals surface area contributed by atoms with Gasteiger partial charge in [-0.1, -0.05) is 50.2 Å². The standard InChI is InChI=1S/C25H29N3O4.C24H28N4O4/c1-15(2)17-5-7-18(8-6-17)24(30)27-20(13-16-3-9-19(26)10-4-16)25(31)28-12-11-22-23(28)21(29)14-32-22;1-27(2)18-9-5-16(6-10-18)23(30)26-19(13-15-3-7-17(25)8-4-15)24(31)28-12-11-21-22(28)20(29)14-32-21/h3-10,15,20,22-23H,11-14,26H2,1-2H3,(H,27,30);3-10,19,21-22H,11-14,25H2,1-2H3,(H,26,30). The van der Waals surface area contributed by atoms with Crippen LogP contribution in [0.4, 0.5) is 17.1 Å². The Kier molecular flexibility index (Phi) is 14.1. The molecule has 6 unspecified atom stereocenters. The zero-order chi connectivity index (χ0) is 45.7. The van der Waals surface area contributed by atoms with Crippen LogP contribution >= 0.6 is 0 Å². The van der Waals surface area contributed by atoms with Gasteiger partial charge in [0.05, 0.1) is 12.2 Å². The van der Waals surface area contributed by atoms with Gasteiger partial charge in [0.2, 0.25) is 11.8 Å². The lowest BCUT2D eigenvalue weighted by atomic mass is 10.0. The van der Waals surface area contributed by atoms with Gasteiger partial charge in [0.15, 0.2) is 11.6 Å². The number of carbonyl (C=O) groups is 6. The highest BCUT2D eigenvalue weighted by Crippen LogP contribution is 2.30. The maximum Gasteiger partial charge on any atom is 0.251 e. The third-order valence-corrected chi connectivity index (χ3v) is 12.3. The van der Waals surface area contributed by atoms with E-state index in [0.29, 0.717) is 67.2 Å². The van der Waals surface area contributed by atoms with Gasteiger partial charge in [-0.15, -0.1) is 0 Å². The van der Waals surface area contributed by atoms with Crippen molar-refractivity contribution in [3.8, 4) is 0 Å². The van der Waals surface area contributed by atoms with Gasteiger partial charge in [-0.2, -0.15) is 0 Å². The maximum atomic E-state index is 13.5. The molecule has 4 heterocycles. The molecule has 336 valence electrons. The molecule has 15 heteroatoms. The molecule has 4 fully saturated rings. The molecular weight excluding hydrogens is 815 g/mol. The lowest BCUT2D eigenvalue weighted by molar-refractivity contribution is -0.138. The van der Waals surface area contributed by atoms with Crippen molar-refractivity contribution >= 4 is 52.3 Å². The van der Waals surface area contributed by atoms with E-state index >= 15 is 0 Å². The number of nitrogens with two attached hydrogens (primary N) is 2. The lowest BCUT2D eigenvalue weighted by Gasteiger charge is -2.27. The molecule has 0 bridgehead atoms. The number of hydrogen-bond acceptors (Lipinski definition) is 11. The van der Waals surface area contributed by atoms with E-state index in [2.05, 4.69) is 24.5 Å². The van der Waals surface area contributed by atoms with E-state index in [4.69, 9.17) is 20.9 Å². The number of hydrogen-bond donors (Lipinski definition) is 4. The number of carbonyl (C=O) groups excluding carboxylic acids is 6. The Morgan fingerprint density at radius 3 is 1.39 bits per heavy atom. The van der Waals surface area contributed by atoms with Crippen molar-refractivity contribution in [2.75, 3.05) is 56.8 Å². The minimum absolute atomic E-state index is 0.0341. The first kappa shape index (κ1) is 45.4. The Morgan fingerprint density at radius 1 is 0.625 bits per heavy atom. The molecule has 0 saturated carbocycles. The first-order valence-electron chi connectivity index (χ1n) is 21.7. The number of fused-ring (bicyclic) bond motifs is 2. The van der Waals surface area contributed by atoms with Crippen molar-refractivity contribution in [3.63, 3.8) is 0 Å². The molecule has 15 nitrogen and oxygen atoms in total. The molecule has 4 amide bonds. The van der Waals surface area contributed by atoms with E-state index in [0.717, 1.165) is 22.4 Å². The molecule has 64 heavy (non-hydrogen) atoms. The normalized spacial score (nSPS) is 20.8. The van der Waals surface area contributed by atoms with E-state index in [-0.39, 0.29) is 60.6 Å².